The average Bonchev–Trinajstić information content (AvgIpc) is 3.10. The van der Waals surface area contributed by atoms with Gasteiger partial charge in [-0.3, -0.25) is 0 Å². The zero-order chi connectivity index (χ0) is 17.6. The molecule has 25 heavy (non-hydrogen) atoms. The first kappa shape index (κ1) is 17.3. The number of carbonyl (C=O) groups excluding carboxylic acids is 1. The molecule has 134 valence electrons. The van der Waals surface area contributed by atoms with Crippen LogP contribution in [0.25, 0.3) is 0 Å². The number of benzene rings is 1. The van der Waals surface area contributed by atoms with Crippen LogP contribution in [0.1, 0.15) is 49.5 Å². The third kappa shape index (κ3) is 4.29. The summed E-state index contributed by atoms with van der Waals surface area (Å²) in [7, 11) is 0. The van der Waals surface area contributed by atoms with E-state index >= 15 is 0 Å². The highest BCUT2D eigenvalue weighted by molar-refractivity contribution is 5.74. The molecule has 1 fully saturated rings. The van der Waals surface area contributed by atoms with Crippen LogP contribution in [0.3, 0.4) is 0 Å². The number of amides is 2. The maximum absolute atomic E-state index is 12.2. The molecular formula is C18H24N4O3. The number of likely N-dealkylation sites (tertiary alicyclic amines) is 1. The number of rotatable bonds is 5. The number of ether oxygens (including phenoxy) is 1. The van der Waals surface area contributed by atoms with Crippen LogP contribution in [0.4, 0.5) is 4.79 Å². The number of nitrogens with one attached hydrogen (secondary N) is 1. The average molecular weight is 344 g/mol. The Morgan fingerprint density at radius 1 is 1.36 bits per heavy atom. The molecule has 1 unspecified atom stereocenters. The monoisotopic (exact) mass is 344 g/mol. The van der Waals surface area contributed by atoms with Gasteiger partial charge in [0.05, 0.1) is 6.04 Å². The van der Waals surface area contributed by atoms with Crippen LogP contribution in [0, 0.1) is 6.92 Å². The Hall–Kier alpha value is -2.57. The lowest BCUT2D eigenvalue weighted by Crippen LogP contribution is -2.44. The van der Waals surface area contributed by atoms with Gasteiger partial charge in [0.2, 0.25) is 0 Å². The molecule has 1 saturated heterocycles. The smallest absolute Gasteiger partial charge is 0.318 e. The van der Waals surface area contributed by atoms with Crippen molar-refractivity contribution in [2.45, 2.75) is 45.8 Å². The van der Waals surface area contributed by atoms with Crippen molar-refractivity contribution in [3.8, 4) is 5.75 Å². The molecule has 2 aromatic rings. The SMILES string of the molecule is CCNC(=O)N1CCCCC1c1noc(COc2ccc(C)cc2)n1. The number of nitrogens with zero attached hydrogens (tertiary/aromatic N) is 3. The summed E-state index contributed by atoms with van der Waals surface area (Å²) in [5.74, 6) is 1.72. The summed E-state index contributed by atoms with van der Waals surface area (Å²) >= 11 is 0. The summed E-state index contributed by atoms with van der Waals surface area (Å²) in [4.78, 5) is 18.5. The molecule has 1 aromatic heterocycles. The number of aromatic nitrogens is 2. The Kier molecular flexibility index (Phi) is 5.53. The van der Waals surface area contributed by atoms with Crippen molar-refractivity contribution in [3.63, 3.8) is 0 Å². The molecule has 1 aromatic carbocycles. The number of carbonyl (C=O) groups is 1. The van der Waals surface area contributed by atoms with E-state index in [1.54, 1.807) is 4.90 Å². The molecule has 7 heteroatoms. The van der Waals surface area contributed by atoms with E-state index in [2.05, 4.69) is 15.5 Å². The number of hydrogen-bond acceptors (Lipinski definition) is 5. The van der Waals surface area contributed by atoms with E-state index in [1.807, 2.05) is 38.1 Å². The highest BCUT2D eigenvalue weighted by atomic mass is 16.5. The minimum absolute atomic E-state index is 0.0746. The van der Waals surface area contributed by atoms with Gasteiger partial charge in [0, 0.05) is 13.1 Å². The predicted octanol–water partition coefficient (Wildman–Crippen LogP) is 3.21. The zero-order valence-corrected chi connectivity index (χ0v) is 14.7. The molecule has 0 saturated carbocycles. The summed E-state index contributed by atoms with van der Waals surface area (Å²) in [5.41, 5.74) is 1.18. The van der Waals surface area contributed by atoms with Gasteiger partial charge in [-0.1, -0.05) is 22.9 Å². The van der Waals surface area contributed by atoms with Crippen molar-refractivity contribution < 1.29 is 14.1 Å². The number of hydrogen-bond donors (Lipinski definition) is 1. The standard InChI is InChI=1S/C18H24N4O3/c1-3-19-18(23)22-11-5-4-6-15(22)17-20-16(25-21-17)12-24-14-9-7-13(2)8-10-14/h7-10,15H,3-6,11-12H2,1-2H3,(H,19,23). The molecule has 1 atom stereocenters. The van der Waals surface area contributed by atoms with E-state index in [-0.39, 0.29) is 18.7 Å². The summed E-state index contributed by atoms with van der Waals surface area (Å²) in [6.45, 7) is 5.46. The van der Waals surface area contributed by atoms with Crippen LogP contribution in [-0.4, -0.2) is 34.2 Å². The summed E-state index contributed by atoms with van der Waals surface area (Å²) < 4.78 is 11.0. The van der Waals surface area contributed by atoms with Crippen molar-refractivity contribution in [2.75, 3.05) is 13.1 Å². The molecule has 0 bridgehead atoms. The molecule has 0 aliphatic carbocycles. The van der Waals surface area contributed by atoms with E-state index in [0.717, 1.165) is 25.0 Å². The topological polar surface area (TPSA) is 80.5 Å². The molecule has 7 nitrogen and oxygen atoms in total. The first-order chi connectivity index (χ1) is 12.2. The highest BCUT2D eigenvalue weighted by Gasteiger charge is 2.31. The van der Waals surface area contributed by atoms with Crippen LogP contribution in [-0.2, 0) is 6.61 Å². The number of urea groups is 1. The van der Waals surface area contributed by atoms with Crippen molar-refractivity contribution in [1.82, 2.24) is 20.4 Å². The quantitative estimate of drug-likeness (QED) is 0.901. The van der Waals surface area contributed by atoms with Gasteiger partial charge in [-0.05, 0) is 45.2 Å². The van der Waals surface area contributed by atoms with Gasteiger partial charge in [-0.25, -0.2) is 4.79 Å². The van der Waals surface area contributed by atoms with E-state index in [9.17, 15) is 4.79 Å². The minimum atomic E-state index is -0.142. The van der Waals surface area contributed by atoms with E-state index in [4.69, 9.17) is 9.26 Å². The largest absolute Gasteiger partial charge is 0.484 e. The summed E-state index contributed by atoms with van der Waals surface area (Å²) in [6, 6.07) is 7.57. The van der Waals surface area contributed by atoms with Crippen LogP contribution in [0.15, 0.2) is 28.8 Å². The van der Waals surface area contributed by atoms with Crippen LogP contribution >= 0.6 is 0 Å². The summed E-state index contributed by atoms with van der Waals surface area (Å²) in [5, 5.41) is 6.92. The van der Waals surface area contributed by atoms with Gasteiger partial charge in [-0.2, -0.15) is 4.98 Å². The van der Waals surface area contributed by atoms with Gasteiger partial charge < -0.3 is 19.5 Å². The van der Waals surface area contributed by atoms with Gasteiger partial charge in [-0.15, -0.1) is 0 Å². The maximum atomic E-state index is 12.2. The maximum Gasteiger partial charge on any atom is 0.318 e. The molecule has 2 amide bonds. The number of aryl methyl sites for hydroxylation is 1. The second-order valence-corrected chi connectivity index (χ2v) is 6.19. The Morgan fingerprint density at radius 3 is 2.92 bits per heavy atom. The molecule has 0 radical (unpaired) electrons. The Morgan fingerprint density at radius 2 is 2.16 bits per heavy atom. The first-order valence-electron chi connectivity index (χ1n) is 8.73. The lowest BCUT2D eigenvalue weighted by molar-refractivity contribution is 0.146. The second-order valence-electron chi connectivity index (χ2n) is 6.19. The fourth-order valence-electron chi connectivity index (χ4n) is 2.94. The highest BCUT2D eigenvalue weighted by Crippen LogP contribution is 2.29. The van der Waals surface area contributed by atoms with Crippen LogP contribution < -0.4 is 10.1 Å². The van der Waals surface area contributed by atoms with E-state index in [1.165, 1.54) is 5.56 Å². The zero-order valence-electron chi connectivity index (χ0n) is 14.7. The Labute approximate surface area is 147 Å². The Bertz CT molecular complexity index is 699. The molecule has 0 spiro atoms. The van der Waals surface area contributed by atoms with Crippen LogP contribution in [0.5, 0.6) is 5.75 Å². The van der Waals surface area contributed by atoms with Crippen molar-refractivity contribution in [2.24, 2.45) is 0 Å². The fraction of sp³-hybridized carbons (Fsp3) is 0.500. The van der Waals surface area contributed by atoms with Crippen LogP contribution in [0.2, 0.25) is 0 Å². The third-order valence-corrected chi connectivity index (χ3v) is 4.26. The molecular weight excluding hydrogens is 320 g/mol. The van der Waals surface area contributed by atoms with Gasteiger partial charge >= 0.3 is 6.03 Å². The normalized spacial score (nSPS) is 17.4. The van der Waals surface area contributed by atoms with Crippen molar-refractivity contribution in [3.05, 3.63) is 41.5 Å². The molecule has 1 N–H and O–H groups in total. The van der Waals surface area contributed by atoms with E-state index in [0.29, 0.717) is 24.8 Å². The van der Waals surface area contributed by atoms with Gasteiger partial charge in [0.1, 0.15) is 5.75 Å². The lowest BCUT2D eigenvalue weighted by Gasteiger charge is -2.33. The molecule has 1 aliphatic rings. The summed E-state index contributed by atoms with van der Waals surface area (Å²) in [6.07, 6.45) is 2.88. The Balaban J connectivity index is 1.64. The van der Waals surface area contributed by atoms with Crippen molar-refractivity contribution in [1.29, 1.82) is 0 Å². The minimum Gasteiger partial charge on any atom is -0.484 e. The van der Waals surface area contributed by atoms with Crippen molar-refractivity contribution >= 4 is 6.03 Å². The molecule has 3 rings (SSSR count). The second kappa shape index (κ2) is 8.00. The van der Waals surface area contributed by atoms with Gasteiger partial charge in [0.25, 0.3) is 5.89 Å². The third-order valence-electron chi connectivity index (χ3n) is 4.26. The molecule has 1 aliphatic heterocycles. The van der Waals surface area contributed by atoms with E-state index < -0.39 is 0 Å². The lowest BCUT2D eigenvalue weighted by atomic mass is 10.0. The number of piperidine rings is 1. The van der Waals surface area contributed by atoms with Gasteiger partial charge in [0.15, 0.2) is 12.4 Å². The molecule has 2 heterocycles. The predicted molar refractivity (Wildman–Crippen MR) is 92.2 cm³/mol. The fourth-order valence-corrected chi connectivity index (χ4v) is 2.94. The first-order valence-corrected chi connectivity index (χ1v) is 8.73.